The Hall–Kier alpha value is -3.19. The summed E-state index contributed by atoms with van der Waals surface area (Å²) in [6, 6.07) is 17.8. The fourth-order valence-electron chi connectivity index (χ4n) is 2.89. The fourth-order valence-corrected chi connectivity index (χ4v) is 2.89. The monoisotopic (exact) mass is 412 g/mol. The molecule has 1 amide bonds. The zero-order valence-corrected chi connectivity index (χ0v) is 17.6. The average Bonchev–Trinajstić information content (AvgIpc) is 2.68. The minimum Gasteiger partial charge on any atom is -0.497 e. The molecule has 0 aliphatic heterocycles. The van der Waals surface area contributed by atoms with Crippen molar-refractivity contribution in [2.24, 2.45) is 0 Å². The lowest BCUT2D eigenvalue weighted by atomic mass is 10.0. The van der Waals surface area contributed by atoms with Crippen LogP contribution in [0.5, 0.6) is 5.75 Å². The molecule has 0 aliphatic carbocycles. The van der Waals surface area contributed by atoms with Gasteiger partial charge in [-0.1, -0.05) is 30.3 Å². The summed E-state index contributed by atoms with van der Waals surface area (Å²) in [6.45, 7) is 6.19. The first-order valence-corrected chi connectivity index (χ1v) is 10.0. The highest BCUT2D eigenvalue weighted by atomic mass is 32.2. The van der Waals surface area contributed by atoms with E-state index in [1.807, 2.05) is 43.3 Å². The highest BCUT2D eigenvalue weighted by Crippen LogP contribution is 2.23. The number of methoxy groups -OCH3 is 1. The third kappa shape index (κ3) is 6.15. The van der Waals surface area contributed by atoms with Gasteiger partial charge in [0.15, 0.2) is 0 Å². The summed E-state index contributed by atoms with van der Waals surface area (Å²) in [7, 11) is -0.961. The van der Waals surface area contributed by atoms with Crippen LogP contribution in [0.15, 0.2) is 54.6 Å². The van der Waals surface area contributed by atoms with Crippen molar-refractivity contribution in [3.8, 4) is 5.75 Å². The Labute approximate surface area is 172 Å². The fraction of sp³-hybridized carbons (Fsp3) is 0.227. The number of ether oxygens (including phenoxy) is 1. The second kappa shape index (κ2) is 9.84. The molecule has 0 aliphatic rings. The zero-order chi connectivity index (χ0) is 21.6. The van der Waals surface area contributed by atoms with E-state index in [0.29, 0.717) is 5.56 Å². The van der Waals surface area contributed by atoms with Gasteiger partial charge in [0.2, 0.25) is 0 Å². The van der Waals surface area contributed by atoms with Gasteiger partial charge in [-0.15, -0.1) is 0 Å². The van der Waals surface area contributed by atoms with Crippen LogP contribution in [0.2, 0.25) is 0 Å². The molecule has 3 aromatic carbocycles. The lowest BCUT2D eigenvalue weighted by Crippen LogP contribution is -2.26. The molecule has 29 heavy (non-hydrogen) atoms. The summed E-state index contributed by atoms with van der Waals surface area (Å²) in [4.78, 5) is 12.6. The zero-order valence-electron chi connectivity index (χ0n) is 16.8. The normalized spacial score (nSPS) is 11.2. The number of carbonyl (C=O) groups excluding carboxylic acids is 1. The first kappa shape index (κ1) is 22.1. The number of benzene rings is 3. The SMILES string of the molecule is COc1ccc2cc(C(=O)N[C@H](C)c3ccc(C)c(C)c3)ccc2c1.N=S(=O)=O. The number of amides is 1. The largest absolute Gasteiger partial charge is 0.497 e. The number of aryl methyl sites for hydroxylation is 2. The molecule has 7 heteroatoms. The third-order valence-corrected chi connectivity index (χ3v) is 4.69. The van der Waals surface area contributed by atoms with Crippen LogP contribution in [0.25, 0.3) is 10.8 Å². The molecule has 0 spiro atoms. The van der Waals surface area contributed by atoms with Gasteiger partial charge in [-0.25, -0.2) is 0 Å². The smallest absolute Gasteiger partial charge is 0.308 e. The average molecular weight is 413 g/mol. The molecule has 0 bridgehead atoms. The van der Waals surface area contributed by atoms with Gasteiger partial charge in [0.05, 0.1) is 13.2 Å². The van der Waals surface area contributed by atoms with E-state index in [1.165, 1.54) is 11.1 Å². The molecule has 0 fully saturated rings. The first-order valence-electron chi connectivity index (χ1n) is 8.97. The molecule has 0 heterocycles. The Balaban J connectivity index is 0.000000687. The van der Waals surface area contributed by atoms with Crippen molar-refractivity contribution in [2.45, 2.75) is 26.8 Å². The van der Waals surface area contributed by atoms with Crippen LogP contribution >= 0.6 is 0 Å². The molecule has 0 saturated heterocycles. The topological polar surface area (TPSA) is 96.3 Å². The van der Waals surface area contributed by atoms with Crippen LogP contribution in [0.4, 0.5) is 0 Å². The molecular weight excluding hydrogens is 388 g/mol. The number of rotatable bonds is 4. The summed E-state index contributed by atoms with van der Waals surface area (Å²) in [5, 5.41) is 5.16. The molecule has 3 aromatic rings. The second-order valence-electron chi connectivity index (χ2n) is 6.70. The highest BCUT2D eigenvalue weighted by Gasteiger charge is 2.12. The van der Waals surface area contributed by atoms with Gasteiger partial charge < -0.3 is 10.1 Å². The van der Waals surface area contributed by atoms with Gasteiger partial charge in [0.25, 0.3) is 5.91 Å². The van der Waals surface area contributed by atoms with Crippen molar-refractivity contribution in [1.29, 1.82) is 4.78 Å². The van der Waals surface area contributed by atoms with Crippen molar-refractivity contribution >= 4 is 27.2 Å². The maximum absolute atomic E-state index is 12.6. The van der Waals surface area contributed by atoms with Gasteiger partial charge in [-0.2, -0.15) is 13.2 Å². The van der Waals surface area contributed by atoms with Crippen LogP contribution in [-0.4, -0.2) is 21.4 Å². The molecule has 3 rings (SSSR count). The molecule has 0 aromatic heterocycles. The van der Waals surface area contributed by atoms with Gasteiger partial charge in [0.1, 0.15) is 5.75 Å². The maximum Gasteiger partial charge on any atom is 0.308 e. The lowest BCUT2D eigenvalue weighted by Gasteiger charge is -2.16. The van der Waals surface area contributed by atoms with Crippen LogP contribution < -0.4 is 10.1 Å². The van der Waals surface area contributed by atoms with E-state index in [9.17, 15) is 4.79 Å². The van der Waals surface area contributed by atoms with Crippen molar-refractivity contribution < 1.29 is 17.9 Å². The van der Waals surface area contributed by atoms with Gasteiger partial charge in [0, 0.05) is 5.56 Å². The van der Waals surface area contributed by atoms with Gasteiger partial charge in [-0.3, -0.25) is 4.79 Å². The lowest BCUT2D eigenvalue weighted by molar-refractivity contribution is 0.0940. The molecular formula is C22H24N2O4S. The Kier molecular flexibility index (Phi) is 7.50. The first-order chi connectivity index (χ1) is 13.7. The minimum absolute atomic E-state index is 0.0432. The molecule has 1 atom stereocenters. The predicted molar refractivity (Wildman–Crippen MR) is 114 cm³/mol. The van der Waals surface area contributed by atoms with Crippen LogP contribution in [0.1, 0.15) is 40.0 Å². The summed E-state index contributed by atoms with van der Waals surface area (Å²) in [6.07, 6.45) is 0. The summed E-state index contributed by atoms with van der Waals surface area (Å²) in [5.41, 5.74) is 4.26. The van der Waals surface area contributed by atoms with E-state index in [4.69, 9.17) is 17.9 Å². The van der Waals surface area contributed by atoms with Gasteiger partial charge in [-0.05, 0) is 72.5 Å². The summed E-state index contributed by atoms with van der Waals surface area (Å²) >= 11 is 0. The van der Waals surface area contributed by atoms with Crippen molar-refractivity contribution in [3.05, 3.63) is 76.9 Å². The predicted octanol–water partition coefficient (Wildman–Crippen LogP) is 4.58. The quantitative estimate of drug-likeness (QED) is 0.655. The Morgan fingerprint density at radius 2 is 1.59 bits per heavy atom. The molecule has 152 valence electrons. The third-order valence-electron chi connectivity index (χ3n) is 4.69. The molecule has 0 saturated carbocycles. The highest BCUT2D eigenvalue weighted by molar-refractivity contribution is 7.60. The molecule has 2 N–H and O–H groups in total. The number of nitrogens with one attached hydrogen (secondary N) is 2. The van der Waals surface area contributed by atoms with E-state index in [2.05, 4.69) is 37.4 Å². The van der Waals surface area contributed by atoms with E-state index in [0.717, 1.165) is 22.1 Å². The Morgan fingerprint density at radius 1 is 0.966 bits per heavy atom. The van der Waals surface area contributed by atoms with E-state index in [-0.39, 0.29) is 11.9 Å². The number of carbonyl (C=O) groups is 1. The maximum atomic E-state index is 12.6. The van der Waals surface area contributed by atoms with Crippen molar-refractivity contribution in [1.82, 2.24) is 5.32 Å². The van der Waals surface area contributed by atoms with Crippen LogP contribution in [0.3, 0.4) is 0 Å². The number of fused-ring (bicyclic) bond motifs is 1. The van der Waals surface area contributed by atoms with Crippen molar-refractivity contribution in [2.75, 3.05) is 7.11 Å². The number of hydrogen-bond donors (Lipinski definition) is 2. The van der Waals surface area contributed by atoms with E-state index < -0.39 is 10.5 Å². The number of hydrogen-bond acceptors (Lipinski definition) is 5. The van der Waals surface area contributed by atoms with Crippen LogP contribution in [-0.2, 0) is 10.5 Å². The minimum atomic E-state index is -2.61. The van der Waals surface area contributed by atoms with E-state index >= 15 is 0 Å². The standard InChI is InChI=1S/C22H23NO2.HNO2S/c1-14-5-6-17(11-15(14)2)16(3)23-22(24)20-8-7-19-13-21(25-4)10-9-18(19)12-20;1-4(2)3/h5-13,16H,1-4H3,(H,23,24);1H/t16-;/m1./s1. The summed E-state index contributed by atoms with van der Waals surface area (Å²) < 4.78 is 28.1. The molecule has 0 unspecified atom stereocenters. The second-order valence-corrected chi connectivity index (χ2v) is 7.17. The Bertz CT molecular complexity index is 1130. The molecule has 6 nitrogen and oxygen atoms in total. The summed E-state index contributed by atoms with van der Waals surface area (Å²) in [5.74, 6) is 0.747. The molecule has 0 radical (unpaired) electrons. The van der Waals surface area contributed by atoms with Crippen LogP contribution in [0, 0.1) is 18.6 Å². The van der Waals surface area contributed by atoms with E-state index in [1.54, 1.807) is 7.11 Å². The van der Waals surface area contributed by atoms with Gasteiger partial charge >= 0.3 is 10.5 Å². The van der Waals surface area contributed by atoms with Crippen molar-refractivity contribution in [3.63, 3.8) is 0 Å². The Morgan fingerprint density at radius 3 is 2.21 bits per heavy atom.